The van der Waals surface area contributed by atoms with E-state index in [4.69, 9.17) is 9.47 Å². The van der Waals surface area contributed by atoms with Gasteiger partial charge in [-0.05, 0) is 32.6 Å². The van der Waals surface area contributed by atoms with E-state index in [1.165, 1.54) is 25.7 Å². The van der Waals surface area contributed by atoms with E-state index in [-0.39, 0.29) is 30.9 Å². The fraction of sp³-hybridized carbons (Fsp3) is 0.826. The standard InChI is InChI=1S/C23H40O4/c1-4-6-8-9-10-11-12-13-14-16-20-26-22(24)18-19-23(25)27-21(3)17-15-7-5-2/h21H,4-5,7,9-20H2,1-3H3. The van der Waals surface area contributed by atoms with Gasteiger partial charge in [-0.15, -0.1) is 11.8 Å². The van der Waals surface area contributed by atoms with Crippen LogP contribution in [0.4, 0.5) is 0 Å². The maximum absolute atomic E-state index is 11.7. The maximum atomic E-state index is 11.7. The summed E-state index contributed by atoms with van der Waals surface area (Å²) in [6.07, 6.45) is 13.1. The number of rotatable bonds is 16. The Bertz CT molecular complexity index is 433. The van der Waals surface area contributed by atoms with Crippen molar-refractivity contribution in [2.75, 3.05) is 6.61 Å². The second kappa shape index (κ2) is 19.3. The molecule has 0 rings (SSSR count). The Morgan fingerprint density at radius 2 is 1.48 bits per heavy atom. The topological polar surface area (TPSA) is 52.6 Å². The molecule has 0 spiro atoms. The van der Waals surface area contributed by atoms with E-state index in [1.54, 1.807) is 0 Å². The molecule has 0 aliphatic heterocycles. The molecule has 0 bridgehead atoms. The molecule has 0 aromatic rings. The second-order valence-electron chi connectivity index (χ2n) is 7.10. The van der Waals surface area contributed by atoms with E-state index in [2.05, 4.69) is 25.7 Å². The molecule has 0 aliphatic carbocycles. The van der Waals surface area contributed by atoms with Crippen molar-refractivity contribution in [3.63, 3.8) is 0 Å². The van der Waals surface area contributed by atoms with E-state index in [9.17, 15) is 9.59 Å². The summed E-state index contributed by atoms with van der Waals surface area (Å²) in [7, 11) is 0. The van der Waals surface area contributed by atoms with E-state index >= 15 is 0 Å². The van der Waals surface area contributed by atoms with Crippen molar-refractivity contribution in [3.8, 4) is 11.8 Å². The number of hydrogen-bond donors (Lipinski definition) is 0. The summed E-state index contributed by atoms with van der Waals surface area (Å²) < 4.78 is 10.5. The van der Waals surface area contributed by atoms with Crippen molar-refractivity contribution in [2.24, 2.45) is 0 Å². The zero-order chi connectivity index (χ0) is 20.2. The van der Waals surface area contributed by atoms with Gasteiger partial charge in [0, 0.05) is 12.8 Å². The van der Waals surface area contributed by atoms with Crippen LogP contribution in [0, 0.1) is 11.8 Å². The summed E-state index contributed by atoms with van der Waals surface area (Å²) in [5.41, 5.74) is 0. The Morgan fingerprint density at radius 3 is 2.19 bits per heavy atom. The molecule has 0 N–H and O–H groups in total. The van der Waals surface area contributed by atoms with E-state index in [1.807, 2.05) is 6.92 Å². The molecular formula is C23H40O4. The lowest BCUT2D eigenvalue weighted by Gasteiger charge is -2.12. The van der Waals surface area contributed by atoms with E-state index in [0.717, 1.165) is 51.4 Å². The molecule has 156 valence electrons. The van der Waals surface area contributed by atoms with Crippen LogP contribution in [0.15, 0.2) is 0 Å². The second-order valence-corrected chi connectivity index (χ2v) is 7.10. The Morgan fingerprint density at radius 1 is 0.815 bits per heavy atom. The molecule has 0 radical (unpaired) electrons. The van der Waals surface area contributed by atoms with Gasteiger partial charge in [0.05, 0.1) is 25.6 Å². The first-order valence-electron chi connectivity index (χ1n) is 10.9. The minimum Gasteiger partial charge on any atom is -0.466 e. The molecule has 27 heavy (non-hydrogen) atoms. The average molecular weight is 381 g/mol. The molecule has 0 amide bonds. The molecule has 4 heteroatoms. The maximum Gasteiger partial charge on any atom is 0.306 e. The normalized spacial score (nSPS) is 11.4. The Hall–Kier alpha value is -1.50. The first kappa shape index (κ1) is 25.5. The third kappa shape index (κ3) is 19.1. The molecule has 0 saturated carbocycles. The van der Waals surface area contributed by atoms with Crippen LogP contribution in [0.2, 0.25) is 0 Å². The van der Waals surface area contributed by atoms with Crippen LogP contribution in [0.25, 0.3) is 0 Å². The average Bonchev–Trinajstić information content (AvgIpc) is 2.64. The van der Waals surface area contributed by atoms with Crippen LogP contribution >= 0.6 is 0 Å². The molecule has 1 atom stereocenters. The summed E-state index contributed by atoms with van der Waals surface area (Å²) in [6, 6.07) is 0. The fourth-order valence-electron chi connectivity index (χ4n) is 2.72. The van der Waals surface area contributed by atoms with Crippen LogP contribution in [-0.4, -0.2) is 24.6 Å². The molecule has 4 nitrogen and oxygen atoms in total. The quantitative estimate of drug-likeness (QED) is 0.188. The fourth-order valence-corrected chi connectivity index (χ4v) is 2.72. The van der Waals surface area contributed by atoms with Gasteiger partial charge in [0.1, 0.15) is 0 Å². The minimum absolute atomic E-state index is 0.0706. The lowest BCUT2D eigenvalue weighted by atomic mass is 10.1. The number of unbranched alkanes of at least 4 members (excludes halogenated alkanes) is 8. The van der Waals surface area contributed by atoms with Gasteiger partial charge in [0.2, 0.25) is 0 Å². The van der Waals surface area contributed by atoms with Gasteiger partial charge in [0.15, 0.2) is 0 Å². The summed E-state index contributed by atoms with van der Waals surface area (Å²) in [5.74, 6) is 5.63. The van der Waals surface area contributed by atoms with Crippen molar-refractivity contribution < 1.29 is 19.1 Å². The van der Waals surface area contributed by atoms with Crippen molar-refractivity contribution in [3.05, 3.63) is 0 Å². The number of carbonyl (C=O) groups excluding carboxylic acids is 2. The third-order valence-electron chi connectivity index (χ3n) is 4.34. The Labute approximate surface area is 166 Å². The van der Waals surface area contributed by atoms with Crippen molar-refractivity contribution in [2.45, 2.75) is 117 Å². The van der Waals surface area contributed by atoms with Crippen LogP contribution in [0.3, 0.4) is 0 Å². The number of hydrogen-bond acceptors (Lipinski definition) is 4. The predicted octanol–water partition coefficient (Wildman–Crippen LogP) is 5.97. The Kier molecular flexibility index (Phi) is 18.2. The largest absolute Gasteiger partial charge is 0.466 e. The lowest BCUT2D eigenvalue weighted by molar-refractivity contribution is -0.153. The highest BCUT2D eigenvalue weighted by Crippen LogP contribution is 2.09. The summed E-state index contributed by atoms with van der Waals surface area (Å²) in [6.45, 7) is 6.57. The summed E-state index contributed by atoms with van der Waals surface area (Å²) in [4.78, 5) is 23.4. The van der Waals surface area contributed by atoms with Crippen molar-refractivity contribution in [1.29, 1.82) is 0 Å². The third-order valence-corrected chi connectivity index (χ3v) is 4.34. The smallest absolute Gasteiger partial charge is 0.306 e. The van der Waals surface area contributed by atoms with Crippen molar-refractivity contribution >= 4 is 11.9 Å². The van der Waals surface area contributed by atoms with Crippen LogP contribution in [-0.2, 0) is 19.1 Å². The molecule has 0 fully saturated rings. The Balaban J connectivity index is 3.46. The lowest BCUT2D eigenvalue weighted by Crippen LogP contribution is -2.16. The molecule has 0 aromatic heterocycles. The highest BCUT2D eigenvalue weighted by Gasteiger charge is 2.12. The van der Waals surface area contributed by atoms with Gasteiger partial charge in [-0.3, -0.25) is 9.59 Å². The molecule has 0 saturated heterocycles. The van der Waals surface area contributed by atoms with Gasteiger partial charge in [-0.25, -0.2) is 0 Å². The SMILES string of the molecule is CCC#CCCCCCCCCOC(=O)CCC(=O)OC(C)CCCCC. The van der Waals surface area contributed by atoms with Gasteiger partial charge in [-0.2, -0.15) is 0 Å². The van der Waals surface area contributed by atoms with Gasteiger partial charge >= 0.3 is 11.9 Å². The summed E-state index contributed by atoms with van der Waals surface area (Å²) >= 11 is 0. The monoisotopic (exact) mass is 380 g/mol. The molecule has 1 unspecified atom stereocenters. The van der Waals surface area contributed by atoms with Gasteiger partial charge in [0.25, 0.3) is 0 Å². The zero-order valence-electron chi connectivity index (χ0n) is 17.8. The van der Waals surface area contributed by atoms with Gasteiger partial charge in [-0.1, -0.05) is 52.4 Å². The first-order chi connectivity index (χ1) is 13.1. The van der Waals surface area contributed by atoms with Crippen LogP contribution < -0.4 is 0 Å². The predicted molar refractivity (Wildman–Crippen MR) is 110 cm³/mol. The number of esters is 2. The minimum atomic E-state index is -0.306. The molecule has 0 aromatic carbocycles. The van der Waals surface area contributed by atoms with Gasteiger partial charge < -0.3 is 9.47 Å². The van der Waals surface area contributed by atoms with E-state index < -0.39 is 0 Å². The highest BCUT2D eigenvalue weighted by atomic mass is 16.5. The van der Waals surface area contributed by atoms with E-state index in [0.29, 0.717) is 6.61 Å². The molecular weight excluding hydrogens is 340 g/mol. The number of ether oxygens (including phenoxy) is 2. The van der Waals surface area contributed by atoms with Crippen LogP contribution in [0.5, 0.6) is 0 Å². The van der Waals surface area contributed by atoms with Crippen LogP contribution in [0.1, 0.15) is 111 Å². The summed E-state index contributed by atoms with van der Waals surface area (Å²) in [5, 5.41) is 0. The molecule has 0 aliphatic rings. The van der Waals surface area contributed by atoms with Crippen molar-refractivity contribution in [1.82, 2.24) is 0 Å². The zero-order valence-corrected chi connectivity index (χ0v) is 17.8. The number of carbonyl (C=O) groups is 2. The molecule has 0 heterocycles. The highest BCUT2D eigenvalue weighted by molar-refractivity contribution is 5.77. The first-order valence-corrected chi connectivity index (χ1v) is 10.9.